The second-order valence-electron chi connectivity index (χ2n) is 8.18. The summed E-state index contributed by atoms with van der Waals surface area (Å²) in [7, 11) is 1.68. The normalized spacial score (nSPS) is 13.8. The molecule has 1 fully saturated rings. The van der Waals surface area contributed by atoms with Crippen LogP contribution in [0.5, 0.6) is 5.75 Å². The summed E-state index contributed by atoms with van der Waals surface area (Å²) in [6.07, 6.45) is 1.62. The fraction of sp³-hybridized carbons (Fsp3) is 0.346. The molecule has 0 spiro atoms. The van der Waals surface area contributed by atoms with Gasteiger partial charge >= 0.3 is 0 Å². The standard InChI is InChI=1S/C26H29BrN4O2/c1-4-24-23(17-19-5-11-22(33-3)12-6-19)25(29-18(2)28-24)30-13-15-31(16-14-30)26(32)20-7-9-21(27)10-8-20/h5-12H,4,13-17H2,1-3H3. The fourth-order valence-electron chi connectivity index (χ4n) is 4.22. The van der Waals surface area contributed by atoms with Crippen molar-refractivity contribution in [1.29, 1.82) is 0 Å². The van der Waals surface area contributed by atoms with Gasteiger partial charge in [-0.2, -0.15) is 0 Å². The van der Waals surface area contributed by atoms with E-state index in [1.807, 2.05) is 48.2 Å². The Hall–Kier alpha value is -2.93. The van der Waals surface area contributed by atoms with Crippen LogP contribution in [0.1, 0.15) is 39.9 Å². The van der Waals surface area contributed by atoms with Crippen LogP contribution in [0.4, 0.5) is 5.82 Å². The number of halogens is 1. The number of piperazine rings is 1. The predicted molar refractivity (Wildman–Crippen MR) is 134 cm³/mol. The van der Waals surface area contributed by atoms with Crippen molar-refractivity contribution in [3.8, 4) is 5.75 Å². The minimum Gasteiger partial charge on any atom is -0.497 e. The Morgan fingerprint density at radius 1 is 1.00 bits per heavy atom. The molecular weight excluding hydrogens is 480 g/mol. The number of carbonyl (C=O) groups is 1. The summed E-state index contributed by atoms with van der Waals surface area (Å²) in [4.78, 5) is 26.7. The third-order valence-electron chi connectivity index (χ3n) is 6.02. The first kappa shape index (κ1) is 23.2. The molecule has 3 aromatic rings. The monoisotopic (exact) mass is 508 g/mol. The fourth-order valence-corrected chi connectivity index (χ4v) is 4.48. The maximum Gasteiger partial charge on any atom is 0.253 e. The molecule has 1 amide bonds. The number of benzene rings is 2. The average molecular weight is 509 g/mol. The molecular formula is C26H29BrN4O2. The molecule has 0 unspecified atom stereocenters. The highest BCUT2D eigenvalue weighted by molar-refractivity contribution is 9.10. The minimum absolute atomic E-state index is 0.0775. The molecule has 0 bridgehead atoms. The molecule has 0 N–H and O–H groups in total. The summed E-state index contributed by atoms with van der Waals surface area (Å²) in [5.74, 6) is 2.70. The molecule has 0 atom stereocenters. The third kappa shape index (κ3) is 5.36. The van der Waals surface area contributed by atoms with Crippen LogP contribution >= 0.6 is 15.9 Å². The van der Waals surface area contributed by atoms with Gasteiger partial charge in [-0.3, -0.25) is 4.79 Å². The zero-order valence-electron chi connectivity index (χ0n) is 19.3. The second-order valence-corrected chi connectivity index (χ2v) is 9.10. The molecule has 2 aromatic carbocycles. The molecule has 1 aliphatic rings. The number of aryl methyl sites for hydroxylation is 2. The maximum atomic E-state index is 12.9. The van der Waals surface area contributed by atoms with Crippen molar-refractivity contribution in [3.05, 3.63) is 81.2 Å². The van der Waals surface area contributed by atoms with Crippen molar-refractivity contribution in [2.75, 3.05) is 38.2 Å². The quantitative estimate of drug-likeness (QED) is 0.484. The van der Waals surface area contributed by atoms with Gasteiger partial charge < -0.3 is 14.5 Å². The van der Waals surface area contributed by atoms with E-state index in [0.29, 0.717) is 13.1 Å². The first-order valence-corrected chi connectivity index (χ1v) is 12.1. The van der Waals surface area contributed by atoms with E-state index in [-0.39, 0.29) is 5.91 Å². The summed E-state index contributed by atoms with van der Waals surface area (Å²) >= 11 is 3.43. The van der Waals surface area contributed by atoms with Crippen molar-refractivity contribution in [2.24, 2.45) is 0 Å². The number of carbonyl (C=O) groups excluding carboxylic acids is 1. The van der Waals surface area contributed by atoms with Crippen LogP contribution in [0.2, 0.25) is 0 Å². The smallest absolute Gasteiger partial charge is 0.253 e. The molecule has 172 valence electrons. The van der Waals surface area contributed by atoms with Gasteiger partial charge in [0, 0.05) is 53.9 Å². The Bertz CT molecular complexity index is 1110. The van der Waals surface area contributed by atoms with Crippen molar-refractivity contribution in [1.82, 2.24) is 14.9 Å². The predicted octanol–water partition coefficient (Wildman–Crippen LogP) is 4.67. The highest BCUT2D eigenvalue weighted by Gasteiger charge is 2.25. The summed E-state index contributed by atoms with van der Waals surface area (Å²) in [6, 6.07) is 15.7. The van der Waals surface area contributed by atoms with Crippen LogP contribution in [-0.2, 0) is 12.8 Å². The van der Waals surface area contributed by atoms with E-state index in [0.717, 1.165) is 59.1 Å². The van der Waals surface area contributed by atoms with E-state index in [1.54, 1.807) is 7.11 Å². The molecule has 7 heteroatoms. The largest absolute Gasteiger partial charge is 0.497 e. The first-order valence-electron chi connectivity index (χ1n) is 11.3. The van der Waals surface area contributed by atoms with E-state index in [9.17, 15) is 4.79 Å². The van der Waals surface area contributed by atoms with Crippen LogP contribution in [0.15, 0.2) is 53.0 Å². The molecule has 2 heterocycles. The van der Waals surface area contributed by atoms with Crippen LogP contribution < -0.4 is 9.64 Å². The lowest BCUT2D eigenvalue weighted by Gasteiger charge is -2.36. The van der Waals surface area contributed by atoms with Gasteiger partial charge in [0.25, 0.3) is 5.91 Å². The molecule has 6 nitrogen and oxygen atoms in total. The first-order chi connectivity index (χ1) is 16.0. The number of aromatic nitrogens is 2. The molecule has 1 aliphatic heterocycles. The van der Waals surface area contributed by atoms with Crippen LogP contribution in [0.3, 0.4) is 0 Å². The van der Waals surface area contributed by atoms with Gasteiger partial charge in [-0.1, -0.05) is 35.0 Å². The van der Waals surface area contributed by atoms with Gasteiger partial charge in [0.15, 0.2) is 0 Å². The van der Waals surface area contributed by atoms with Crippen LogP contribution in [-0.4, -0.2) is 54.1 Å². The van der Waals surface area contributed by atoms with E-state index in [1.165, 1.54) is 11.1 Å². The third-order valence-corrected chi connectivity index (χ3v) is 6.54. The Balaban J connectivity index is 1.54. The molecule has 33 heavy (non-hydrogen) atoms. The van der Waals surface area contributed by atoms with Gasteiger partial charge in [0.2, 0.25) is 0 Å². The van der Waals surface area contributed by atoms with Crippen molar-refractivity contribution in [2.45, 2.75) is 26.7 Å². The minimum atomic E-state index is 0.0775. The summed E-state index contributed by atoms with van der Waals surface area (Å²) < 4.78 is 6.27. The lowest BCUT2D eigenvalue weighted by Crippen LogP contribution is -2.49. The molecule has 1 aromatic heterocycles. The summed E-state index contributed by atoms with van der Waals surface area (Å²) in [5.41, 5.74) is 4.17. The maximum absolute atomic E-state index is 12.9. The molecule has 0 aliphatic carbocycles. The highest BCUT2D eigenvalue weighted by atomic mass is 79.9. The van der Waals surface area contributed by atoms with Crippen molar-refractivity contribution < 1.29 is 9.53 Å². The van der Waals surface area contributed by atoms with Gasteiger partial charge in [0.05, 0.1) is 7.11 Å². The zero-order valence-corrected chi connectivity index (χ0v) is 20.9. The van der Waals surface area contributed by atoms with Crippen molar-refractivity contribution in [3.63, 3.8) is 0 Å². The number of methoxy groups -OCH3 is 1. The summed E-state index contributed by atoms with van der Waals surface area (Å²) in [5, 5.41) is 0. The lowest BCUT2D eigenvalue weighted by atomic mass is 10.0. The number of anilines is 1. The molecule has 1 saturated heterocycles. The van der Waals surface area contributed by atoms with E-state index < -0.39 is 0 Å². The Morgan fingerprint density at radius 2 is 1.67 bits per heavy atom. The molecule has 4 rings (SSSR count). The highest BCUT2D eigenvalue weighted by Crippen LogP contribution is 2.27. The number of hydrogen-bond donors (Lipinski definition) is 0. The van der Waals surface area contributed by atoms with Crippen LogP contribution in [0.25, 0.3) is 0 Å². The number of nitrogens with zero attached hydrogens (tertiary/aromatic N) is 4. The Morgan fingerprint density at radius 3 is 2.27 bits per heavy atom. The average Bonchev–Trinajstić information content (AvgIpc) is 2.85. The van der Waals surface area contributed by atoms with Gasteiger partial charge in [-0.15, -0.1) is 0 Å². The van der Waals surface area contributed by atoms with Gasteiger partial charge in [-0.25, -0.2) is 9.97 Å². The Labute approximate surface area is 203 Å². The number of hydrogen-bond acceptors (Lipinski definition) is 5. The number of rotatable bonds is 6. The molecule has 0 saturated carbocycles. The zero-order chi connectivity index (χ0) is 23.4. The van der Waals surface area contributed by atoms with Crippen LogP contribution in [0, 0.1) is 6.92 Å². The number of ether oxygens (including phenoxy) is 1. The second kappa shape index (κ2) is 10.3. The Kier molecular flexibility index (Phi) is 7.28. The van der Waals surface area contributed by atoms with E-state index in [2.05, 4.69) is 39.9 Å². The van der Waals surface area contributed by atoms with Gasteiger partial charge in [0.1, 0.15) is 17.4 Å². The lowest BCUT2D eigenvalue weighted by molar-refractivity contribution is 0.0746. The summed E-state index contributed by atoms with van der Waals surface area (Å²) in [6.45, 7) is 6.92. The molecule has 0 radical (unpaired) electrons. The van der Waals surface area contributed by atoms with Crippen molar-refractivity contribution >= 4 is 27.7 Å². The van der Waals surface area contributed by atoms with E-state index >= 15 is 0 Å². The van der Waals surface area contributed by atoms with E-state index in [4.69, 9.17) is 14.7 Å². The topological polar surface area (TPSA) is 58.6 Å². The number of amides is 1. The van der Waals surface area contributed by atoms with Gasteiger partial charge in [-0.05, 0) is 55.3 Å². The SMILES string of the molecule is CCc1nc(C)nc(N2CCN(C(=O)c3ccc(Br)cc3)CC2)c1Cc1ccc(OC)cc1.